The second-order valence-corrected chi connectivity index (χ2v) is 5.36. The van der Waals surface area contributed by atoms with Gasteiger partial charge in [-0.2, -0.15) is 0 Å². The number of methoxy groups -OCH3 is 1. The fourth-order valence-corrected chi connectivity index (χ4v) is 2.32. The Balaban J connectivity index is 1.78. The molecule has 0 saturated carbocycles. The molecule has 0 aliphatic carbocycles. The molecule has 0 unspecified atom stereocenters. The van der Waals surface area contributed by atoms with E-state index in [1.54, 1.807) is 42.5 Å². The predicted octanol–water partition coefficient (Wildman–Crippen LogP) is 3.73. The Bertz CT molecular complexity index is 817. The average molecular weight is 375 g/mol. The Morgan fingerprint density at radius 3 is 2.52 bits per heavy atom. The number of hydrogen-bond acceptors (Lipinski definition) is 6. The highest BCUT2D eigenvalue weighted by Gasteiger charge is 2.14. The number of aromatic nitrogens is 2. The van der Waals surface area contributed by atoms with Crippen LogP contribution in [0.4, 0.5) is 0 Å². The van der Waals surface area contributed by atoms with Gasteiger partial charge in [-0.15, -0.1) is 10.2 Å². The van der Waals surface area contributed by atoms with Crippen molar-refractivity contribution in [1.29, 1.82) is 0 Å². The summed E-state index contributed by atoms with van der Waals surface area (Å²) in [6, 6.07) is 11.9. The van der Waals surface area contributed by atoms with Crippen molar-refractivity contribution in [3.63, 3.8) is 0 Å². The third-order valence-electron chi connectivity index (χ3n) is 3.07. The molecule has 1 heterocycles. The van der Waals surface area contributed by atoms with Crippen LogP contribution in [0.1, 0.15) is 10.4 Å². The molecule has 0 N–H and O–H groups in total. The van der Waals surface area contributed by atoms with Crippen LogP contribution in [0, 0.1) is 0 Å². The zero-order chi connectivity index (χ0) is 16.2. The zero-order valence-electron chi connectivity index (χ0n) is 12.0. The van der Waals surface area contributed by atoms with Gasteiger partial charge in [0.2, 0.25) is 12.3 Å². The second-order valence-electron chi connectivity index (χ2n) is 4.50. The normalized spacial score (nSPS) is 10.3. The maximum atomic E-state index is 12.3. The highest BCUT2D eigenvalue weighted by atomic mass is 79.9. The summed E-state index contributed by atoms with van der Waals surface area (Å²) in [6.45, 7) is 0. The van der Waals surface area contributed by atoms with Crippen molar-refractivity contribution in [3.8, 4) is 23.0 Å². The van der Waals surface area contributed by atoms with Crippen molar-refractivity contribution in [2.75, 3.05) is 7.11 Å². The molecule has 0 aliphatic rings. The molecule has 1 aromatic heterocycles. The number of hydrogen-bond donors (Lipinski definition) is 0. The lowest BCUT2D eigenvalue weighted by Gasteiger charge is -2.08. The minimum atomic E-state index is -0.485. The minimum Gasteiger partial charge on any atom is -0.497 e. The van der Waals surface area contributed by atoms with Crippen LogP contribution in [-0.2, 0) is 0 Å². The van der Waals surface area contributed by atoms with E-state index in [9.17, 15) is 4.79 Å². The summed E-state index contributed by atoms with van der Waals surface area (Å²) in [6.07, 6.45) is 1.25. The van der Waals surface area contributed by atoms with Gasteiger partial charge in [0, 0.05) is 10.0 Å². The van der Waals surface area contributed by atoms with Crippen molar-refractivity contribution < 1.29 is 18.7 Å². The van der Waals surface area contributed by atoms with E-state index in [0.29, 0.717) is 27.4 Å². The number of halogens is 1. The molecule has 6 nitrogen and oxygen atoms in total. The van der Waals surface area contributed by atoms with E-state index in [4.69, 9.17) is 13.9 Å². The van der Waals surface area contributed by atoms with E-state index in [0.717, 1.165) is 5.56 Å². The lowest BCUT2D eigenvalue weighted by Crippen LogP contribution is -2.09. The van der Waals surface area contributed by atoms with E-state index in [-0.39, 0.29) is 0 Å². The number of nitrogens with zero attached hydrogens (tertiary/aromatic N) is 2. The highest BCUT2D eigenvalue weighted by molar-refractivity contribution is 9.10. The van der Waals surface area contributed by atoms with Crippen LogP contribution in [0.3, 0.4) is 0 Å². The van der Waals surface area contributed by atoms with Crippen LogP contribution in [0.15, 0.2) is 57.7 Å². The van der Waals surface area contributed by atoms with Gasteiger partial charge in [0.1, 0.15) is 11.5 Å². The largest absolute Gasteiger partial charge is 0.497 e. The predicted molar refractivity (Wildman–Crippen MR) is 85.4 cm³/mol. The third-order valence-corrected chi connectivity index (χ3v) is 3.76. The number of rotatable bonds is 4. The highest BCUT2D eigenvalue weighted by Crippen LogP contribution is 2.25. The smallest absolute Gasteiger partial charge is 0.344 e. The van der Waals surface area contributed by atoms with Crippen molar-refractivity contribution >= 4 is 21.9 Å². The Hall–Kier alpha value is -2.67. The molecule has 0 atom stereocenters. The molecule has 7 heteroatoms. The summed E-state index contributed by atoms with van der Waals surface area (Å²) in [5.41, 5.74) is 1.12. The SMILES string of the molecule is COc1ccc(Br)c(C(=O)Oc2ccc(-c3nnco3)cc2)c1. The first-order valence-electron chi connectivity index (χ1n) is 6.59. The van der Waals surface area contributed by atoms with Gasteiger partial charge in [-0.3, -0.25) is 0 Å². The van der Waals surface area contributed by atoms with Gasteiger partial charge in [0.25, 0.3) is 0 Å². The number of carbonyl (C=O) groups excluding carboxylic acids is 1. The van der Waals surface area contributed by atoms with Gasteiger partial charge in [-0.25, -0.2) is 4.79 Å². The molecule has 23 heavy (non-hydrogen) atoms. The Morgan fingerprint density at radius 1 is 1.13 bits per heavy atom. The molecule has 0 amide bonds. The maximum Gasteiger partial charge on any atom is 0.344 e. The molecule has 0 bridgehead atoms. The molecule has 3 rings (SSSR count). The summed E-state index contributed by atoms with van der Waals surface area (Å²) < 4.78 is 16.2. The zero-order valence-corrected chi connectivity index (χ0v) is 13.6. The summed E-state index contributed by atoms with van der Waals surface area (Å²) in [4.78, 5) is 12.3. The lowest BCUT2D eigenvalue weighted by molar-refractivity contribution is 0.0733. The first kappa shape index (κ1) is 15.2. The van der Waals surface area contributed by atoms with Crippen molar-refractivity contribution in [1.82, 2.24) is 10.2 Å². The summed E-state index contributed by atoms with van der Waals surface area (Å²) in [5.74, 6) is 0.902. The molecule has 0 spiro atoms. The van der Waals surface area contributed by atoms with Gasteiger partial charge < -0.3 is 13.9 Å². The number of carbonyl (C=O) groups is 1. The fourth-order valence-electron chi connectivity index (χ4n) is 1.91. The fraction of sp³-hybridized carbons (Fsp3) is 0.0625. The van der Waals surface area contributed by atoms with Crippen LogP contribution in [0.5, 0.6) is 11.5 Å². The quantitative estimate of drug-likeness (QED) is 0.511. The van der Waals surface area contributed by atoms with Crippen molar-refractivity contribution in [3.05, 3.63) is 58.9 Å². The Kier molecular flexibility index (Phi) is 4.38. The monoisotopic (exact) mass is 374 g/mol. The summed E-state index contributed by atoms with van der Waals surface area (Å²) >= 11 is 3.33. The topological polar surface area (TPSA) is 74.5 Å². The first-order chi connectivity index (χ1) is 11.2. The molecule has 2 aromatic carbocycles. The van der Waals surface area contributed by atoms with Crippen LogP contribution < -0.4 is 9.47 Å². The number of benzene rings is 2. The van der Waals surface area contributed by atoms with Gasteiger partial charge >= 0.3 is 5.97 Å². The molecule has 0 aliphatic heterocycles. The Morgan fingerprint density at radius 2 is 1.87 bits per heavy atom. The van der Waals surface area contributed by atoms with Gasteiger partial charge in [0.05, 0.1) is 12.7 Å². The van der Waals surface area contributed by atoms with Crippen LogP contribution in [0.2, 0.25) is 0 Å². The molecule has 3 aromatic rings. The van der Waals surface area contributed by atoms with E-state index >= 15 is 0 Å². The standard InChI is InChI=1S/C16H11BrN2O4/c1-21-12-6-7-14(17)13(8-12)16(20)23-11-4-2-10(3-5-11)15-19-18-9-22-15/h2-9H,1H3. The Labute approximate surface area is 140 Å². The van der Waals surface area contributed by atoms with E-state index in [2.05, 4.69) is 26.1 Å². The van der Waals surface area contributed by atoms with Crippen molar-refractivity contribution in [2.24, 2.45) is 0 Å². The summed E-state index contributed by atoms with van der Waals surface area (Å²) in [5, 5.41) is 7.43. The molecule has 0 fully saturated rings. The lowest BCUT2D eigenvalue weighted by atomic mass is 10.2. The first-order valence-corrected chi connectivity index (χ1v) is 7.39. The van der Waals surface area contributed by atoms with Gasteiger partial charge in [-0.05, 0) is 58.4 Å². The van der Waals surface area contributed by atoms with Crippen molar-refractivity contribution in [2.45, 2.75) is 0 Å². The third kappa shape index (κ3) is 3.40. The molecular formula is C16H11BrN2O4. The molecule has 0 radical (unpaired) electrons. The van der Waals surface area contributed by atoms with Crippen LogP contribution in [0.25, 0.3) is 11.5 Å². The van der Waals surface area contributed by atoms with E-state index < -0.39 is 5.97 Å². The average Bonchev–Trinajstić information content (AvgIpc) is 3.10. The summed E-state index contributed by atoms with van der Waals surface area (Å²) in [7, 11) is 1.54. The van der Waals surface area contributed by atoms with Gasteiger partial charge in [0.15, 0.2) is 0 Å². The van der Waals surface area contributed by atoms with Crippen LogP contribution >= 0.6 is 15.9 Å². The number of ether oxygens (including phenoxy) is 2. The maximum absolute atomic E-state index is 12.3. The van der Waals surface area contributed by atoms with E-state index in [1.165, 1.54) is 13.5 Å². The van der Waals surface area contributed by atoms with E-state index in [1.807, 2.05) is 0 Å². The molecular weight excluding hydrogens is 364 g/mol. The molecule has 116 valence electrons. The van der Waals surface area contributed by atoms with Gasteiger partial charge in [-0.1, -0.05) is 0 Å². The van der Waals surface area contributed by atoms with Crippen LogP contribution in [-0.4, -0.2) is 23.3 Å². The molecule has 0 saturated heterocycles. The number of esters is 1. The minimum absolute atomic E-state index is 0.380. The second kappa shape index (κ2) is 6.62.